The van der Waals surface area contributed by atoms with Crippen LogP contribution < -0.4 is 4.74 Å². The van der Waals surface area contributed by atoms with Gasteiger partial charge in [-0.05, 0) is 69.2 Å². The summed E-state index contributed by atoms with van der Waals surface area (Å²) in [6.45, 7) is 2.42. The molecule has 1 aromatic rings. The van der Waals surface area contributed by atoms with Crippen LogP contribution in [0.1, 0.15) is 70.6 Å². The largest absolute Gasteiger partial charge is 0.494 e. The molecule has 1 aliphatic rings. The summed E-state index contributed by atoms with van der Waals surface area (Å²) in [6, 6.07) is 7.57. The number of unbranched alkanes of at least 4 members (excludes halogenated alkanes) is 6. The van der Waals surface area contributed by atoms with Crippen molar-refractivity contribution in [1.82, 2.24) is 0 Å². The highest BCUT2D eigenvalue weighted by Crippen LogP contribution is 2.16. The number of benzene rings is 1. The maximum Gasteiger partial charge on any atom is 0.157 e. The van der Waals surface area contributed by atoms with Crippen molar-refractivity contribution in [3.05, 3.63) is 41.4 Å². The van der Waals surface area contributed by atoms with E-state index >= 15 is 0 Å². The van der Waals surface area contributed by atoms with Crippen molar-refractivity contribution in [2.24, 2.45) is 0 Å². The van der Waals surface area contributed by atoms with E-state index in [9.17, 15) is 0 Å². The van der Waals surface area contributed by atoms with Gasteiger partial charge in [0.15, 0.2) is 6.29 Å². The van der Waals surface area contributed by atoms with E-state index in [4.69, 9.17) is 25.8 Å². The van der Waals surface area contributed by atoms with Gasteiger partial charge in [-0.1, -0.05) is 49.4 Å². The first-order valence-electron chi connectivity index (χ1n) is 10.6. The summed E-state index contributed by atoms with van der Waals surface area (Å²) < 4.78 is 17.0. The number of halogens is 1. The molecule has 3 nitrogen and oxygen atoms in total. The number of hydrogen-bond donors (Lipinski definition) is 0. The molecule has 0 spiro atoms. The zero-order valence-corrected chi connectivity index (χ0v) is 17.3. The summed E-state index contributed by atoms with van der Waals surface area (Å²) in [7, 11) is 0. The summed E-state index contributed by atoms with van der Waals surface area (Å²) in [4.78, 5) is 0. The molecule has 152 valence electrons. The Hall–Kier alpha value is -1.03. The lowest BCUT2D eigenvalue weighted by atomic mass is 10.1. The lowest BCUT2D eigenvalue weighted by Crippen LogP contribution is -2.22. The van der Waals surface area contributed by atoms with Crippen LogP contribution in [0.4, 0.5) is 0 Å². The topological polar surface area (TPSA) is 27.7 Å². The van der Waals surface area contributed by atoms with Crippen LogP contribution in [-0.4, -0.2) is 26.1 Å². The third kappa shape index (κ3) is 11.4. The molecule has 1 aliphatic heterocycles. The molecule has 0 aromatic heterocycles. The highest BCUT2D eigenvalue weighted by Gasteiger charge is 2.12. The van der Waals surface area contributed by atoms with Crippen LogP contribution in [0.2, 0.25) is 5.02 Å². The first-order chi connectivity index (χ1) is 13.3. The van der Waals surface area contributed by atoms with Crippen molar-refractivity contribution in [1.29, 1.82) is 0 Å². The molecule has 1 saturated heterocycles. The van der Waals surface area contributed by atoms with Crippen LogP contribution in [0.3, 0.4) is 0 Å². The maximum atomic E-state index is 5.86. The van der Waals surface area contributed by atoms with Crippen LogP contribution in [0, 0.1) is 0 Å². The predicted molar refractivity (Wildman–Crippen MR) is 113 cm³/mol. The molecule has 27 heavy (non-hydrogen) atoms. The van der Waals surface area contributed by atoms with Gasteiger partial charge < -0.3 is 14.2 Å². The SMILES string of the molecule is Clc1ccc(OCCCCCCCC/C=C\CCOC2CCCCO2)cc1. The molecular weight excluding hydrogens is 360 g/mol. The molecule has 0 radical (unpaired) electrons. The normalized spacial score (nSPS) is 17.4. The van der Waals surface area contributed by atoms with Crippen molar-refractivity contribution in [3.8, 4) is 5.75 Å². The molecule has 0 saturated carbocycles. The van der Waals surface area contributed by atoms with Crippen molar-refractivity contribution in [3.63, 3.8) is 0 Å². The van der Waals surface area contributed by atoms with Gasteiger partial charge in [-0.3, -0.25) is 0 Å². The van der Waals surface area contributed by atoms with Crippen LogP contribution >= 0.6 is 11.6 Å². The van der Waals surface area contributed by atoms with Gasteiger partial charge >= 0.3 is 0 Å². The average molecular weight is 395 g/mol. The van der Waals surface area contributed by atoms with Crippen LogP contribution in [0.25, 0.3) is 0 Å². The second-order valence-corrected chi connectivity index (χ2v) is 7.58. The predicted octanol–water partition coefficient (Wildman–Crippen LogP) is 6.94. The van der Waals surface area contributed by atoms with Crippen molar-refractivity contribution < 1.29 is 14.2 Å². The fourth-order valence-corrected chi connectivity index (χ4v) is 3.26. The molecule has 4 heteroatoms. The Bertz CT molecular complexity index is 495. The van der Waals surface area contributed by atoms with E-state index in [0.29, 0.717) is 0 Å². The van der Waals surface area contributed by atoms with Gasteiger partial charge in [-0.25, -0.2) is 0 Å². The highest BCUT2D eigenvalue weighted by atomic mass is 35.5. The zero-order valence-electron chi connectivity index (χ0n) is 16.5. The Morgan fingerprint density at radius 1 is 0.889 bits per heavy atom. The minimum Gasteiger partial charge on any atom is -0.494 e. The molecule has 1 fully saturated rings. The van der Waals surface area contributed by atoms with E-state index in [2.05, 4.69) is 12.2 Å². The molecule has 1 unspecified atom stereocenters. The van der Waals surface area contributed by atoms with E-state index in [1.807, 2.05) is 24.3 Å². The fraction of sp³-hybridized carbons (Fsp3) is 0.652. The molecule has 2 rings (SSSR count). The molecule has 1 heterocycles. The molecular formula is C23H35ClO3. The first kappa shape index (κ1) is 22.3. The number of ether oxygens (including phenoxy) is 3. The average Bonchev–Trinajstić information content (AvgIpc) is 2.70. The number of hydrogen-bond acceptors (Lipinski definition) is 3. The van der Waals surface area contributed by atoms with Crippen LogP contribution in [-0.2, 0) is 9.47 Å². The van der Waals surface area contributed by atoms with E-state index in [0.717, 1.165) is 49.9 Å². The Morgan fingerprint density at radius 3 is 2.41 bits per heavy atom. The van der Waals surface area contributed by atoms with E-state index in [-0.39, 0.29) is 6.29 Å². The van der Waals surface area contributed by atoms with Gasteiger partial charge in [0.25, 0.3) is 0 Å². The van der Waals surface area contributed by atoms with E-state index < -0.39 is 0 Å². The van der Waals surface area contributed by atoms with Crippen LogP contribution in [0.5, 0.6) is 5.75 Å². The summed E-state index contributed by atoms with van der Waals surface area (Å²) in [5.41, 5.74) is 0. The third-order valence-electron chi connectivity index (χ3n) is 4.74. The molecule has 0 amide bonds. The molecule has 0 bridgehead atoms. The van der Waals surface area contributed by atoms with E-state index in [1.165, 1.54) is 51.4 Å². The third-order valence-corrected chi connectivity index (χ3v) is 4.99. The first-order valence-corrected chi connectivity index (χ1v) is 11.0. The Kier molecular flexibility index (Phi) is 12.3. The van der Waals surface area contributed by atoms with Gasteiger partial charge in [-0.15, -0.1) is 0 Å². The molecule has 1 atom stereocenters. The summed E-state index contributed by atoms with van der Waals surface area (Å²) >= 11 is 5.86. The number of allylic oxidation sites excluding steroid dienone is 1. The van der Waals surface area contributed by atoms with Crippen LogP contribution in [0.15, 0.2) is 36.4 Å². The lowest BCUT2D eigenvalue weighted by Gasteiger charge is -2.22. The van der Waals surface area contributed by atoms with Gasteiger partial charge in [0.05, 0.1) is 13.2 Å². The number of rotatable bonds is 14. The zero-order chi connectivity index (χ0) is 19.0. The Morgan fingerprint density at radius 2 is 1.63 bits per heavy atom. The molecule has 0 aliphatic carbocycles. The smallest absolute Gasteiger partial charge is 0.157 e. The minimum atomic E-state index is 0.0451. The van der Waals surface area contributed by atoms with Crippen molar-refractivity contribution >= 4 is 11.6 Å². The monoisotopic (exact) mass is 394 g/mol. The quantitative estimate of drug-likeness (QED) is 0.252. The van der Waals surface area contributed by atoms with Gasteiger partial charge in [-0.2, -0.15) is 0 Å². The highest BCUT2D eigenvalue weighted by molar-refractivity contribution is 6.30. The second-order valence-electron chi connectivity index (χ2n) is 7.14. The molecule has 0 N–H and O–H groups in total. The Labute approximate surface area is 170 Å². The van der Waals surface area contributed by atoms with Crippen molar-refractivity contribution in [2.45, 2.75) is 76.9 Å². The van der Waals surface area contributed by atoms with Gasteiger partial charge in [0.1, 0.15) is 5.75 Å². The summed E-state index contributed by atoms with van der Waals surface area (Å²) in [6.07, 6.45) is 17.8. The van der Waals surface area contributed by atoms with Crippen molar-refractivity contribution in [2.75, 3.05) is 19.8 Å². The Balaban J connectivity index is 1.30. The fourth-order valence-electron chi connectivity index (χ4n) is 3.14. The summed E-state index contributed by atoms with van der Waals surface area (Å²) in [5, 5.41) is 0.750. The second kappa shape index (κ2) is 15.0. The minimum absolute atomic E-state index is 0.0451. The van der Waals surface area contributed by atoms with E-state index in [1.54, 1.807) is 0 Å². The molecule has 1 aromatic carbocycles. The summed E-state index contributed by atoms with van der Waals surface area (Å²) in [5.74, 6) is 0.905. The van der Waals surface area contributed by atoms with Gasteiger partial charge in [0, 0.05) is 11.6 Å². The standard InChI is InChI=1S/C23H35ClO3/c24-21-14-16-22(17-15-21)25-18-10-7-5-3-1-2-4-6-8-11-19-26-23-13-9-12-20-27-23/h6,8,14-17,23H,1-5,7,9-13,18-20H2/b8-6-. The maximum absolute atomic E-state index is 5.86. The van der Waals surface area contributed by atoms with Gasteiger partial charge in [0.2, 0.25) is 0 Å². The lowest BCUT2D eigenvalue weighted by molar-refractivity contribution is -0.161.